The number of carbonyl (C=O) groups is 1. The molecule has 0 aliphatic carbocycles. The predicted molar refractivity (Wildman–Crippen MR) is 65.4 cm³/mol. The van der Waals surface area contributed by atoms with Crippen LogP contribution in [0.3, 0.4) is 0 Å². The van der Waals surface area contributed by atoms with Crippen LogP contribution in [0.2, 0.25) is 0 Å². The molecule has 104 valence electrons. The van der Waals surface area contributed by atoms with Gasteiger partial charge in [-0.15, -0.1) is 0 Å². The van der Waals surface area contributed by atoms with Gasteiger partial charge in [0.05, 0.1) is 19.8 Å². The topological polar surface area (TPSA) is 53.6 Å². The Labute approximate surface area is 109 Å². The lowest BCUT2D eigenvalue weighted by atomic mass is 10.3. The van der Waals surface area contributed by atoms with Gasteiger partial charge in [-0.2, -0.15) is 0 Å². The summed E-state index contributed by atoms with van der Waals surface area (Å²) in [5, 5.41) is 4.04. The number of anilines is 1. The molecule has 1 aliphatic heterocycles. The van der Waals surface area contributed by atoms with Crippen LogP contribution < -0.4 is 10.7 Å². The maximum Gasteiger partial charge on any atom is 0.239 e. The Balaban J connectivity index is 1.83. The normalized spacial score (nSPS) is 16.3. The van der Waals surface area contributed by atoms with Crippen LogP contribution >= 0.6 is 0 Å². The van der Waals surface area contributed by atoms with Crippen molar-refractivity contribution < 1.29 is 18.3 Å². The number of nitrogens with one attached hydrogen (secondary N) is 2. The number of benzene rings is 1. The summed E-state index contributed by atoms with van der Waals surface area (Å²) in [7, 11) is 0. The molecule has 1 fully saturated rings. The van der Waals surface area contributed by atoms with Crippen LogP contribution in [-0.2, 0) is 9.53 Å². The van der Waals surface area contributed by atoms with E-state index in [2.05, 4.69) is 10.7 Å². The van der Waals surface area contributed by atoms with Crippen molar-refractivity contribution in [2.45, 2.75) is 0 Å². The Morgan fingerprint density at radius 2 is 1.89 bits per heavy atom. The second kappa shape index (κ2) is 6.55. The van der Waals surface area contributed by atoms with Gasteiger partial charge in [0.1, 0.15) is 17.3 Å². The second-order valence-electron chi connectivity index (χ2n) is 4.08. The summed E-state index contributed by atoms with van der Waals surface area (Å²) in [6.45, 7) is 2.48. The van der Waals surface area contributed by atoms with E-state index in [1.807, 2.05) is 5.01 Å². The first-order valence-corrected chi connectivity index (χ1v) is 5.97. The van der Waals surface area contributed by atoms with Gasteiger partial charge in [0, 0.05) is 13.1 Å². The zero-order valence-electron chi connectivity index (χ0n) is 10.3. The number of para-hydroxylation sites is 1. The molecule has 0 bridgehead atoms. The summed E-state index contributed by atoms with van der Waals surface area (Å²) < 4.78 is 31.8. The lowest BCUT2D eigenvalue weighted by Gasteiger charge is -2.26. The standard InChI is InChI=1S/C12H15F2N3O2/c13-9-2-1-3-10(14)12(9)16-11(18)8-15-17-4-6-19-7-5-17/h1-3,15H,4-8H2,(H,16,18). The molecule has 1 aromatic carbocycles. The molecule has 1 saturated heterocycles. The highest BCUT2D eigenvalue weighted by Gasteiger charge is 2.14. The van der Waals surface area contributed by atoms with Crippen LogP contribution in [0.15, 0.2) is 18.2 Å². The van der Waals surface area contributed by atoms with Crippen molar-refractivity contribution in [3.63, 3.8) is 0 Å². The maximum atomic E-state index is 13.3. The van der Waals surface area contributed by atoms with E-state index in [1.54, 1.807) is 0 Å². The molecule has 0 atom stereocenters. The highest BCUT2D eigenvalue weighted by atomic mass is 19.1. The summed E-state index contributed by atoms with van der Waals surface area (Å²) in [6, 6.07) is 3.43. The van der Waals surface area contributed by atoms with Gasteiger partial charge in [-0.3, -0.25) is 4.79 Å². The second-order valence-corrected chi connectivity index (χ2v) is 4.08. The molecule has 0 spiro atoms. The highest BCUT2D eigenvalue weighted by Crippen LogP contribution is 2.17. The molecule has 5 nitrogen and oxygen atoms in total. The van der Waals surface area contributed by atoms with E-state index in [0.29, 0.717) is 26.3 Å². The largest absolute Gasteiger partial charge is 0.379 e. The smallest absolute Gasteiger partial charge is 0.239 e. The fourth-order valence-corrected chi connectivity index (χ4v) is 1.71. The van der Waals surface area contributed by atoms with Gasteiger partial charge in [-0.05, 0) is 12.1 Å². The molecule has 1 amide bonds. The molecule has 1 aromatic rings. The molecular formula is C12H15F2N3O2. The summed E-state index contributed by atoms with van der Waals surface area (Å²) in [6.07, 6.45) is 0. The highest BCUT2D eigenvalue weighted by molar-refractivity contribution is 5.92. The summed E-state index contributed by atoms with van der Waals surface area (Å²) >= 11 is 0. The van der Waals surface area contributed by atoms with Crippen molar-refractivity contribution in [1.29, 1.82) is 0 Å². The van der Waals surface area contributed by atoms with Gasteiger partial charge in [0.25, 0.3) is 0 Å². The molecule has 0 unspecified atom stereocenters. The molecule has 19 heavy (non-hydrogen) atoms. The minimum absolute atomic E-state index is 0.0478. The number of carbonyl (C=O) groups excluding carboxylic acids is 1. The number of hydrogen-bond acceptors (Lipinski definition) is 4. The minimum Gasteiger partial charge on any atom is -0.379 e. The molecular weight excluding hydrogens is 256 g/mol. The lowest BCUT2D eigenvalue weighted by molar-refractivity contribution is -0.116. The number of amides is 1. The SMILES string of the molecule is O=C(CNN1CCOCC1)Nc1c(F)cccc1F. The Morgan fingerprint density at radius 1 is 1.26 bits per heavy atom. The van der Waals surface area contributed by atoms with Gasteiger partial charge in [-0.1, -0.05) is 6.07 Å². The number of rotatable bonds is 4. The average Bonchev–Trinajstić information content (AvgIpc) is 2.42. The van der Waals surface area contributed by atoms with Gasteiger partial charge < -0.3 is 10.1 Å². The van der Waals surface area contributed by atoms with E-state index in [1.165, 1.54) is 6.07 Å². The van der Waals surface area contributed by atoms with E-state index >= 15 is 0 Å². The zero-order chi connectivity index (χ0) is 13.7. The van der Waals surface area contributed by atoms with E-state index in [9.17, 15) is 13.6 Å². The fourth-order valence-electron chi connectivity index (χ4n) is 1.71. The number of nitrogens with zero attached hydrogens (tertiary/aromatic N) is 1. The first kappa shape index (κ1) is 13.9. The van der Waals surface area contributed by atoms with Crippen LogP contribution in [0.1, 0.15) is 0 Å². The predicted octanol–water partition coefficient (Wildman–Crippen LogP) is 0.740. The lowest BCUT2D eigenvalue weighted by Crippen LogP contribution is -2.48. The third kappa shape index (κ3) is 3.95. The molecule has 0 saturated carbocycles. The van der Waals surface area contributed by atoms with Crippen LogP contribution in [0, 0.1) is 11.6 Å². The van der Waals surface area contributed by atoms with Crippen molar-refractivity contribution in [2.24, 2.45) is 0 Å². The number of hydrazine groups is 1. The third-order valence-corrected chi connectivity index (χ3v) is 2.70. The quantitative estimate of drug-likeness (QED) is 0.848. The van der Waals surface area contributed by atoms with Gasteiger partial charge >= 0.3 is 0 Å². The third-order valence-electron chi connectivity index (χ3n) is 2.70. The monoisotopic (exact) mass is 271 g/mol. The van der Waals surface area contributed by atoms with Crippen molar-refractivity contribution in [3.05, 3.63) is 29.8 Å². The number of morpholine rings is 1. The molecule has 2 rings (SSSR count). The Hall–Kier alpha value is -1.57. The first-order chi connectivity index (χ1) is 9.16. The average molecular weight is 271 g/mol. The molecule has 0 radical (unpaired) electrons. The Morgan fingerprint density at radius 3 is 2.53 bits per heavy atom. The fraction of sp³-hybridized carbons (Fsp3) is 0.417. The van der Waals surface area contributed by atoms with Gasteiger partial charge in [0.2, 0.25) is 5.91 Å². The van der Waals surface area contributed by atoms with Crippen LogP contribution in [0.25, 0.3) is 0 Å². The van der Waals surface area contributed by atoms with Crippen molar-refractivity contribution in [2.75, 3.05) is 38.2 Å². The zero-order valence-corrected chi connectivity index (χ0v) is 10.3. The van der Waals surface area contributed by atoms with Gasteiger partial charge in [0.15, 0.2) is 0 Å². The number of halogens is 2. The van der Waals surface area contributed by atoms with Crippen LogP contribution in [0.5, 0.6) is 0 Å². The summed E-state index contributed by atoms with van der Waals surface area (Å²) in [5.41, 5.74) is 2.46. The Kier molecular flexibility index (Phi) is 4.78. The molecule has 7 heteroatoms. The molecule has 1 heterocycles. The van der Waals surface area contributed by atoms with E-state index in [-0.39, 0.29) is 6.54 Å². The summed E-state index contributed by atoms with van der Waals surface area (Å²) in [5.74, 6) is -2.09. The van der Waals surface area contributed by atoms with Crippen molar-refractivity contribution >= 4 is 11.6 Å². The maximum absolute atomic E-state index is 13.3. The molecule has 2 N–H and O–H groups in total. The minimum atomic E-state index is -0.792. The van der Waals surface area contributed by atoms with Crippen molar-refractivity contribution in [3.8, 4) is 0 Å². The first-order valence-electron chi connectivity index (χ1n) is 5.97. The number of ether oxygens (including phenoxy) is 1. The van der Waals surface area contributed by atoms with E-state index in [0.717, 1.165) is 12.1 Å². The molecule has 0 aromatic heterocycles. The van der Waals surface area contributed by atoms with Gasteiger partial charge in [-0.25, -0.2) is 19.2 Å². The van der Waals surface area contributed by atoms with Crippen LogP contribution in [0.4, 0.5) is 14.5 Å². The van der Waals surface area contributed by atoms with Crippen LogP contribution in [-0.4, -0.2) is 43.8 Å². The summed E-state index contributed by atoms with van der Waals surface area (Å²) in [4.78, 5) is 11.6. The van der Waals surface area contributed by atoms with E-state index in [4.69, 9.17) is 4.74 Å². The molecule has 1 aliphatic rings. The van der Waals surface area contributed by atoms with E-state index < -0.39 is 23.2 Å². The van der Waals surface area contributed by atoms with Crippen molar-refractivity contribution in [1.82, 2.24) is 10.4 Å². The Bertz CT molecular complexity index is 430. The number of hydrogen-bond donors (Lipinski definition) is 2.